The van der Waals surface area contributed by atoms with E-state index in [-0.39, 0.29) is 5.91 Å². The molecule has 0 bridgehead atoms. The molecule has 7 heteroatoms. The van der Waals surface area contributed by atoms with Gasteiger partial charge in [0.2, 0.25) is 0 Å². The van der Waals surface area contributed by atoms with E-state index in [0.717, 1.165) is 37.5 Å². The van der Waals surface area contributed by atoms with Crippen LogP contribution in [0.15, 0.2) is 87.5 Å². The lowest BCUT2D eigenvalue weighted by atomic mass is 10.1. The predicted octanol–water partition coefficient (Wildman–Crippen LogP) is 5.38. The number of aromatic amines is 1. The number of hydrogen-bond donors (Lipinski definition) is 2. The fourth-order valence-corrected chi connectivity index (χ4v) is 3.79. The summed E-state index contributed by atoms with van der Waals surface area (Å²) in [6, 6.07) is 23.1. The average Bonchev–Trinajstić information content (AvgIpc) is 3.17. The van der Waals surface area contributed by atoms with Crippen LogP contribution in [-0.2, 0) is 5.75 Å². The zero-order chi connectivity index (χ0) is 20.1. The molecule has 0 aliphatic carbocycles. The number of rotatable bonds is 6. The number of hydrazone groups is 1. The Balaban J connectivity index is 1.32. The SMILES string of the molecule is O=C(NN=Cc1ccc(Br)cc1)c1ccc(CSc2nc3ccccc3[nH]2)cc1. The van der Waals surface area contributed by atoms with Gasteiger partial charge >= 0.3 is 0 Å². The number of carbonyl (C=O) groups is 1. The number of nitrogens with zero attached hydrogens (tertiary/aromatic N) is 2. The standard InChI is InChI=1S/C22H17BrN4OS/c23-18-11-7-15(8-12-18)13-24-27-21(28)17-9-5-16(6-10-17)14-29-22-25-19-3-1-2-4-20(19)26-22/h1-13H,14H2,(H,25,26)(H,27,28). The van der Waals surface area contributed by atoms with Crippen molar-refractivity contribution in [3.05, 3.63) is 94.0 Å². The molecule has 0 saturated carbocycles. The maximum atomic E-state index is 12.2. The summed E-state index contributed by atoms with van der Waals surface area (Å²) >= 11 is 5.02. The van der Waals surface area contributed by atoms with Gasteiger partial charge in [-0.3, -0.25) is 4.79 Å². The lowest BCUT2D eigenvalue weighted by Crippen LogP contribution is -2.17. The number of aromatic nitrogens is 2. The third kappa shape index (κ3) is 5.13. The van der Waals surface area contributed by atoms with E-state index in [2.05, 4.69) is 36.4 Å². The zero-order valence-corrected chi connectivity index (χ0v) is 17.7. The van der Waals surface area contributed by atoms with Crippen molar-refractivity contribution in [3.63, 3.8) is 0 Å². The Kier molecular flexibility index (Phi) is 6.07. The van der Waals surface area contributed by atoms with Crippen molar-refractivity contribution in [1.29, 1.82) is 0 Å². The van der Waals surface area contributed by atoms with Gasteiger partial charge in [-0.2, -0.15) is 5.10 Å². The molecule has 3 aromatic carbocycles. The number of halogens is 1. The monoisotopic (exact) mass is 464 g/mol. The lowest BCUT2D eigenvalue weighted by molar-refractivity contribution is 0.0955. The molecule has 0 unspecified atom stereocenters. The highest BCUT2D eigenvalue weighted by Gasteiger charge is 2.06. The van der Waals surface area contributed by atoms with Gasteiger partial charge in [0.05, 0.1) is 17.2 Å². The molecule has 2 N–H and O–H groups in total. The summed E-state index contributed by atoms with van der Waals surface area (Å²) in [7, 11) is 0. The van der Waals surface area contributed by atoms with Crippen LogP contribution in [0.3, 0.4) is 0 Å². The van der Waals surface area contributed by atoms with E-state index in [1.165, 1.54) is 0 Å². The number of H-pyrrole nitrogens is 1. The maximum Gasteiger partial charge on any atom is 0.271 e. The second kappa shape index (κ2) is 9.07. The van der Waals surface area contributed by atoms with E-state index < -0.39 is 0 Å². The highest BCUT2D eigenvalue weighted by molar-refractivity contribution is 9.10. The number of carbonyl (C=O) groups excluding carboxylic acids is 1. The number of amides is 1. The Bertz CT molecular complexity index is 1120. The van der Waals surface area contributed by atoms with Crippen LogP contribution in [0.5, 0.6) is 0 Å². The number of imidazole rings is 1. The summed E-state index contributed by atoms with van der Waals surface area (Å²) in [5.74, 6) is 0.526. The first-order valence-corrected chi connectivity index (χ1v) is 10.7. The molecule has 29 heavy (non-hydrogen) atoms. The van der Waals surface area contributed by atoms with Gasteiger partial charge in [0, 0.05) is 15.8 Å². The zero-order valence-electron chi connectivity index (χ0n) is 15.3. The van der Waals surface area contributed by atoms with Gasteiger partial charge in [-0.15, -0.1) is 0 Å². The van der Waals surface area contributed by atoms with E-state index in [1.54, 1.807) is 30.1 Å². The molecule has 4 rings (SSSR count). The molecular weight excluding hydrogens is 448 g/mol. The van der Waals surface area contributed by atoms with Crippen LogP contribution in [-0.4, -0.2) is 22.1 Å². The molecule has 4 aromatic rings. The molecule has 5 nitrogen and oxygen atoms in total. The minimum atomic E-state index is -0.241. The highest BCUT2D eigenvalue weighted by atomic mass is 79.9. The molecule has 1 aromatic heterocycles. The van der Waals surface area contributed by atoms with Gasteiger partial charge in [-0.05, 0) is 47.5 Å². The Morgan fingerprint density at radius 1 is 1.07 bits per heavy atom. The molecule has 144 valence electrons. The van der Waals surface area contributed by atoms with Gasteiger partial charge < -0.3 is 4.98 Å². The Hall–Kier alpha value is -2.90. The first-order valence-electron chi connectivity index (χ1n) is 8.93. The Morgan fingerprint density at radius 2 is 1.83 bits per heavy atom. The molecule has 0 atom stereocenters. The summed E-state index contributed by atoms with van der Waals surface area (Å²) in [5.41, 5.74) is 7.14. The molecular formula is C22H17BrN4OS. The average molecular weight is 465 g/mol. The van der Waals surface area contributed by atoms with Crippen molar-refractivity contribution >= 4 is 50.8 Å². The van der Waals surface area contributed by atoms with Crippen molar-refractivity contribution in [1.82, 2.24) is 15.4 Å². The lowest BCUT2D eigenvalue weighted by Gasteiger charge is -2.03. The van der Waals surface area contributed by atoms with E-state index in [0.29, 0.717) is 5.56 Å². The van der Waals surface area contributed by atoms with Crippen molar-refractivity contribution in [2.24, 2.45) is 5.10 Å². The first-order chi connectivity index (χ1) is 14.2. The van der Waals surface area contributed by atoms with Crippen LogP contribution in [0.25, 0.3) is 11.0 Å². The second-order valence-electron chi connectivity index (χ2n) is 6.30. The fraction of sp³-hybridized carbons (Fsp3) is 0.0455. The topological polar surface area (TPSA) is 70.1 Å². The predicted molar refractivity (Wildman–Crippen MR) is 121 cm³/mol. The van der Waals surface area contributed by atoms with Crippen LogP contribution in [0, 0.1) is 0 Å². The van der Waals surface area contributed by atoms with Gasteiger partial charge in [-0.1, -0.05) is 64.1 Å². The van der Waals surface area contributed by atoms with E-state index >= 15 is 0 Å². The van der Waals surface area contributed by atoms with E-state index in [9.17, 15) is 4.79 Å². The first kappa shape index (κ1) is 19.4. The quantitative estimate of drug-likeness (QED) is 0.228. The number of hydrogen-bond acceptors (Lipinski definition) is 4. The van der Waals surface area contributed by atoms with Gasteiger partial charge in [0.15, 0.2) is 5.16 Å². The van der Waals surface area contributed by atoms with Gasteiger partial charge in [0.25, 0.3) is 5.91 Å². The van der Waals surface area contributed by atoms with Crippen molar-refractivity contribution in [2.45, 2.75) is 10.9 Å². The maximum absolute atomic E-state index is 12.2. The molecule has 0 aliphatic heterocycles. The molecule has 0 aliphatic rings. The number of fused-ring (bicyclic) bond motifs is 1. The van der Waals surface area contributed by atoms with Crippen molar-refractivity contribution < 1.29 is 4.79 Å². The highest BCUT2D eigenvalue weighted by Crippen LogP contribution is 2.23. The summed E-state index contributed by atoms with van der Waals surface area (Å²) in [5, 5.41) is 4.89. The molecule has 0 spiro atoms. The Morgan fingerprint density at radius 3 is 2.59 bits per heavy atom. The number of thioether (sulfide) groups is 1. The Labute approximate surface area is 180 Å². The van der Waals surface area contributed by atoms with Crippen LogP contribution in [0.2, 0.25) is 0 Å². The molecule has 0 fully saturated rings. The fourth-order valence-electron chi connectivity index (χ4n) is 2.68. The van der Waals surface area contributed by atoms with Crippen LogP contribution in [0.4, 0.5) is 0 Å². The normalized spacial score (nSPS) is 11.2. The summed E-state index contributed by atoms with van der Waals surface area (Å²) in [6.07, 6.45) is 1.61. The molecule has 1 amide bonds. The largest absolute Gasteiger partial charge is 0.333 e. The van der Waals surface area contributed by atoms with E-state index in [4.69, 9.17) is 0 Å². The van der Waals surface area contributed by atoms with Gasteiger partial charge in [0.1, 0.15) is 0 Å². The minimum Gasteiger partial charge on any atom is -0.333 e. The number of nitrogens with one attached hydrogen (secondary N) is 2. The van der Waals surface area contributed by atoms with Crippen LogP contribution < -0.4 is 5.43 Å². The minimum absolute atomic E-state index is 0.241. The number of benzene rings is 3. The van der Waals surface area contributed by atoms with Crippen LogP contribution in [0.1, 0.15) is 21.5 Å². The molecule has 1 heterocycles. The molecule has 0 saturated heterocycles. The molecule has 0 radical (unpaired) electrons. The van der Waals surface area contributed by atoms with Gasteiger partial charge in [-0.25, -0.2) is 10.4 Å². The summed E-state index contributed by atoms with van der Waals surface area (Å²) in [6.45, 7) is 0. The van der Waals surface area contributed by atoms with Crippen molar-refractivity contribution in [3.8, 4) is 0 Å². The summed E-state index contributed by atoms with van der Waals surface area (Å²) < 4.78 is 0.997. The smallest absolute Gasteiger partial charge is 0.271 e. The number of para-hydroxylation sites is 2. The van der Waals surface area contributed by atoms with Crippen LogP contribution >= 0.6 is 27.7 Å². The van der Waals surface area contributed by atoms with E-state index in [1.807, 2.05) is 60.7 Å². The third-order valence-corrected chi connectivity index (χ3v) is 5.68. The van der Waals surface area contributed by atoms with Crippen molar-refractivity contribution in [2.75, 3.05) is 0 Å². The third-order valence-electron chi connectivity index (χ3n) is 4.21. The second-order valence-corrected chi connectivity index (χ2v) is 8.18. The summed E-state index contributed by atoms with van der Waals surface area (Å²) in [4.78, 5) is 20.1.